The molecule has 2 aliphatic rings. The molecule has 12 heteroatoms. The molecule has 6 rings (SSSR count). The van der Waals surface area contributed by atoms with Crippen LogP contribution in [-0.4, -0.2) is 65.1 Å². The number of fused-ring (bicyclic) bond motifs is 1. The third-order valence-corrected chi connectivity index (χ3v) is 9.27. The van der Waals surface area contributed by atoms with E-state index in [1.165, 1.54) is 19.4 Å². The van der Waals surface area contributed by atoms with Crippen molar-refractivity contribution in [1.29, 1.82) is 5.26 Å². The zero-order valence-corrected chi connectivity index (χ0v) is 27.2. The van der Waals surface area contributed by atoms with Crippen LogP contribution in [0.25, 0.3) is 16.7 Å². The van der Waals surface area contributed by atoms with E-state index in [0.29, 0.717) is 42.5 Å². The highest BCUT2D eigenvalue weighted by Crippen LogP contribution is 2.43. The number of nitrogens with zero attached hydrogens (tertiary/aromatic N) is 3. The van der Waals surface area contributed by atoms with E-state index in [9.17, 15) is 20.0 Å². The first-order chi connectivity index (χ1) is 23.3. The maximum atomic E-state index is 14.0. The van der Waals surface area contributed by atoms with Gasteiger partial charge in [0, 0.05) is 38.1 Å². The van der Waals surface area contributed by atoms with Gasteiger partial charge in [0.25, 0.3) is 5.91 Å². The van der Waals surface area contributed by atoms with Gasteiger partial charge in [-0.1, -0.05) is 36.4 Å². The van der Waals surface area contributed by atoms with Crippen LogP contribution in [0.5, 0.6) is 0 Å². The number of alkyl halides is 1. The average molecular weight is 668 g/mol. The van der Waals surface area contributed by atoms with Gasteiger partial charge in [-0.3, -0.25) is 14.6 Å². The second kappa shape index (κ2) is 14.2. The number of aliphatic hydroxyl groups excluding tert-OH is 1. The summed E-state index contributed by atoms with van der Waals surface area (Å²) in [5.74, 6) is -0.516. The minimum atomic E-state index is -1.52. The van der Waals surface area contributed by atoms with Crippen LogP contribution >= 0.6 is 11.6 Å². The number of rotatable bonds is 10. The number of methoxy groups -OCH3 is 1. The minimum absolute atomic E-state index is 0.0359. The van der Waals surface area contributed by atoms with Gasteiger partial charge in [-0.2, -0.15) is 5.26 Å². The number of pyridine rings is 1. The zero-order valence-electron chi connectivity index (χ0n) is 26.4. The lowest BCUT2D eigenvalue weighted by Gasteiger charge is -2.36. The fourth-order valence-electron chi connectivity index (χ4n) is 6.11. The van der Waals surface area contributed by atoms with E-state index in [2.05, 4.69) is 21.7 Å². The highest BCUT2D eigenvalue weighted by atomic mass is 35.5. The monoisotopic (exact) mass is 667 g/mol. The van der Waals surface area contributed by atoms with E-state index in [0.717, 1.165) is 22.3 Å². The highest BCUT2D eigenvalue weighted by molar-refractivity contribution is 6.28. The number of carbonyl (C=O) groups is 2. The van der Waals surface area contributed by atoms with Gasteiger partial charge in [-0.15, -0.1) is 11.6 Å². The number of hydrogen-bond donors (Lipinski definition) is 3. The molecule has 3 heterocycles. The number of halogens is 1. The summed E-state index contributed by atoms with van der Waals surface area (Å²) in [6.07, 6.45) is 7.39. The Labute approximate surface area is 282 Å². The molecular formula is C36H34ClN5O6. The van der Waals surface area contributed by atoms with Crippen molar-refractivity contribution >= 4 is 40.5 Å². The fraction of sp³-hybridized carbons (Fsp3) is 0.306. The zero-order chi connectivity index (χ0) is 33.8. The number of ether oxygens (including phenoxy) is 2. The van der Waals surface area contributed by atoms with Crippen LogP contribution in [0.1, 0.15) is 61.0 Å². The minimum Gasteiger partial charge on any atom is -0.436 e. The molecule has 246 valence electrons. The lowest BCUT2D eigenvalue weighted by molar-refractivity contribution is -0.0280. The Hall–Kier alpha value is -4.70. The predicted molar refractivity (Wildman–Crippen MR) is 178 cm³/mol. The van der Waals surface area contributed by atoms with Crippen LogP contribution in [0, 0.1) is 18.3 Å². The summed E-state index contributed by atoms with van der Waals surface area (Å²) in [7, 11) is 1.49. The Morgan fingerprint density at radius 1 is 1.29 bits per heavy atom. The average Bonchev–Trinajstić information content (AvgIpc) is 3.54. The van der Waals surface area contributed by atoms with E-state index in [1.54, 1.807) is 18.2 Å². The molecule has 2 unspecified atom stereocenters. The van der Waals surface area contributed by atoms with E-state index >= 15 is 0 Å². The molecule has 1 fully saturated rings. The van der Waals surface area contributed by atoms with Gasteiger partial charge in [0.05, 0.1) is 30.3 Å². The Balaban J connectivity index is 1.42. The molecule has 48 heavy (non-hydrogen) atoms. The summed E-state index contributed by atoms with van der Waals surface area (Å²) in [6.45, 7) is 3.26. The van der Waals surface area contributed by atoms with Crippen LogP contribution in [0.15, 0.2) is 71.3 Å². The van der Waals surface area contributed by atoms with Crippen molar-refractivity contribution in [2.45, 2.75) is 49.6 Å². The third kappa shape index (κ3) is 6.41. The smallest absolute Gasteiger partial charge is 0.271 e. The molecule has 3 N–H and O–H groups in total. The van der Waals surface area contributed by atoms with Gasteiger partial charge in [0.2, 0.25) is 5.89 Å². The van der Waals surface area contributed by atoms with E-state index < -0.39 is 22.9 Å². The number of nitrogens with one attached hydrogen (secondary N) is 2. The maximum Gasteiger partial charge on any atom is 0.271 e. The van der Waals surface area contributed by atoms with Crippen LogP contribution in [0.4, 0.5) is 0 Å². The van der Waals surface area contributed by atoms with Crippen molar-refractivity contribution in [1.82, 2.24) is 20.6 Å². The fourth-order valence-corrected chi connectivity index (χ4v) is 6.52. The van der Waals surface area contributed by atoms with Crippen LogP contribution in [0.3, 0.4) is 0 Å². The Kier molecular flexibility index (Phi) is 9.82. The molecule has 2 aromatic heterocycles. The molecule has 1 aliphatic carbocycles. The molecule has 1 amide bonds. The Bertz CT molecular complexity index is 1970. The summed E-state index contributed by atoms with van der Waals surface area (Å²) in [5, 5.41) is 25.9. The van der Waals surface area contributed by atoms with Gasteiger partial charge in [0.1, 0.15) is 17.3 Å². The van der Waals surface area contributed by atoms with E-state index in [4.69, 9.17) is 30.5 Å². The van der Waals surface area contributed by atoms with Crippen molar-refractivity contribution in [3.8, 4) is 6.07 Å². The summed E-state index contributed by atoms with van der Waals surface area (Å²) < 4.78 is 16.9. The predicted octanol–water partition coefficient (Wildman–Crippen LogP) is 4.49. The third-order valence-electron chi connectivity index (χ3n) is 8.69. The maximum absolute atomic E-state index is 14.0. The van der Waals surface area contributed by atoms with Crippen molar-refractivity contribution in [2.75, 3.05) is 20.3 Å². The number of amides is 1. The van der Waals surface area contributed by atoms with Crippen LogP contribution < -0.4 is 10.6 Å². The van der Waals surface area contributed by atoms with Crippen molar-refractivity contribution < 1.29 is 28.6 Å². The molecule has 4 atom stereocenters. The number of nitriles is 1. The number of benzene rings is 2. The number of carbonyl (C=O) groups excluding carboxylic acids is 2. The normalized spacial score (nSPS) is 22.2. The Morgan fingerprint density at radius 3 is 2.88 bits per heavy atom. The largest absolute Gasteiger partial charge is 0.436 e. The molecule has 0 bridgehead atoms. The van der Waals surface area contributed by atoms with Gasteiger partial charge in [-0.05, 0) is 65.4 Å². The second-order valence-corrected chi connectivity index (χ2v) is 12.3. The molecule has 1 saturated heterocycles. The van der Waals surface area contributed by atoms with Gasteiger partial charge >= 0.3 is 0 Å². The summed E-state index contributed by atoms with van der Waals surface area (Å²) in [6, 6.07) is 14.8. The van der Waals surface area contributed by atoms with Gasteiger partial charge in [-0.25, -0.2) is 4.98 Å². The summed E-state index contributed by atoms with van der Waals surface area (Å²) >= 11 is 7.36. The lowest BCUT2D eigenvalue weighted by Crippen LogP contribution is -2.52. The van der Waals surface area contributed by atoms with Crippen molar-refractivity contribution in [3.05, 3.63) is 112 Å². The van der Waals surface area contributed by atoms with Gasteiger partial charge < -0.3 is 29.6 Å². The molecule has 1 aliphatic heterocycles. The van der Waals surface area contributed by atoms with E-state index in [-0.39, 0.29) is 42.0 Å². The molecule has 0 saturated carbocycles. The standard InChI is InChI=1S/C36H34ClN5O6/c1-21-6-3-4-7-26(21)27-8-5-10-36(33(27)37,42-34(45)30-14-24(19-46-2)25(18-43)17-40-30)35-41-29-13-22(12-23(15-38)32(29)48-35)16-39-28-9-11-47-20-31(28)44/h3-8,10,12-14,17-18,28,31,33,39,44H,9,11,16,19-20H2,1-2H3,(H,42,45)/t28-,31-,33?,36?/m1/s1. The quantitative estimate of drug-likeness (QED) is 0.162. The van der Waals surface area contributed by atoms with Crippen LogP contribution in [-0.2, 0) is 28.2 Å². The molecule has 0 spiro atoms. The first-order valence-corrected chi connectivity index (χ1v) is 15.9. The molecule has 4 aromatic rings. The first-order valence-electron chi connectivity index (χ1n) is 15.5. The SMILES string of the molecule is COCc1cc(C(=O)NC2(c3nc4cc(CN[C@@H]5CCOC[C@H]5O)cc(C#N)c4o3)C=CC=C(c3ccccc3C)C2Cl)ncc1C=O. The number of oxazole rings is 1. The molecular weight excluding hydrogens is 634 g/mol. The lowest BCUT2D eigenvalue weighted by atomic mass is 9.81. The number of allylic oxidation sites excluding steroid dienone is 2. The number of hydrogen-bond acceptors (Lipinski definition) is 10. The van der Waals surface area contributed by atoms with Crippen molar-refractivity contribution in [3.63, 3.8) is 0 Å². The number of aromatic nitrogens is 2. The number of aliphatic hydroxyl groups is 1. The van der Waals surface area contributed by atoms with Gasteiger partial charge in [0.15, 0.2) is 17.4 Å². The number of aryl methyl sites for hydroxylation is 1. The number of aldehydes is 1. The summed E-state index contributed by atoms with van der Waals surface area (Å²) in [4.78, 5) is 34.6. The molecule has 2 aromatic carbocycles. The Morgan fingerprint density at radius 2 is 2.12 bits per heavy atom. The topological polar surface area (TPSA) is 160 Å². The molecule has 0 radical (unpaired) electrons. The van der Waals surface area contributed by atoms with E-state index in [1.807, 2.05) is 43.3 Å². The second-order valence-electron chi connectivity index (χ2n) is 11.8. The van der Waals surface area contributed by atoms with Crippen LogP contribution in [0.2, 0.25) is 0 Å². The molecule has 11 nitrogen and oxygen atoms in total. The highest BCUT2D eigenvalue weighted by Gasteiger charge is 2.47. The first kappa shape index (κ1) is 33.2. The summed E-state index contributed by atoms with van der Waals surface area (Å²) in [5.41, 5.74) is 3.59. The van der Waals surface area contributed by atoms with Crippen molar-refractivity contribution in [2.24, 2.45) is 0 Å².